The van der Waals surface area contributed by atoms with Crippen LogP contribution in [-0.4, -0.2) is 98.7 Å². The fourth-order valence-electron chi connectivity index (χ4n) is 5.93. The molecule has 0 spiro atoms. The van der Waals surface area contributed by atoms with Crippen molar-refractivity contribution in [1.82, 2.24) is 5.32 Å². The quantitative estimate of drug-likeness (QED) is 0.102. The van der Waals surface area contributed by atoms with Crippen LogP contribution >= 0.6 is 0 Å². The standard InChI is InChI=1S/C35H55NO9/c1-2-3-4-5-6-7-8-9-10-11-12-13-21-28(38)30(39)27(23-44-35-33(42)32(41)31(40)29(22-37)45-35)36-34(43)26-20-16-18-24-17-14-15-19-25(24)26/h14-20,27-33,35,37-42H,2-13,21-23H2,1H3,(H,36,43)/t27-,28+,29+,30-,31-,32-,33+,35-/m0/s1. The second-order valence-electron chi connectivity index (χ2n) is 12.4. The van der Waals surface area contributed by atoms with E-state index < -0.39 is 61.5 Å². The topological polar surface area (TPSA) is 169 Å². The van der Waals surface area contributed by atoms with Crippen LogP contribution in [0.2, 0.25) is 0 Å². The Labute approximate surface area is 267 Å². The smallest absolute Gasteiger partial charge is 0.252 e. The molecule has 7 N–H and O–H groups in total. The maximum absolute atomic E-state index is 13.4. The van der Waals surface area contributed by atoms with Crippen molar-refractivity contribution in [3.63, 3.8) is 0 Å². The molecule has 1 aliphatic heterocycles. The maximum Gasteiger partial charge on any atom is 0.252 e. The van der Waals surface area contributed by atoms with E-state index in [1.54, 1.807) is 12.1 Å². The zero-order valence-electron chi connectivity index (χ0n) is 26.7. The van der Waals surface area contributed by atoms with Gasteiger partial charge in [0.1, 0.15) is 30.5 Å². The highest BCUT2D eigenvalue weighted by Crippen LogP contribution is 2.24. The van der Waals surface area contributed by atoms with Crippen molar-refractivity contribution in [2.24, 2.45) is 0 Å². The van der Waals surface area contributed by atoms with Gasteiger partial charge in [-0.3, -0.25) is 4.79 Å². The molecule has 0 aromatic heterocycles. The SMILES string of the molecule is CCCCCCCCCCCCCC[C@@H](O)[C@@H](O)[C@H](CO[C@H]1O[C@H](CO)[C@H](O)[C@H](O)[C@H]1O)NC(=O)c1cccc2ccccc12. The van der Waals surface area contributed by atoms with Gasteiger partial charge >= 0.3 is 0 Å². The molecule has 1 saturated heterocycles. The summed E-state index contributed by atoms with van der Waals surface area (Å²) in [7, 11) is 0. The lowest BCUT2D eigenvalue weighted by Gasteiger charge is -2.40. The predicted octanol–water partition coefficient (Wildman–Crippen LogP) is 3.57. The molecule has 1 amide bonds. The van der Waals surface area contributed by atoms with Gasteiger partial charge in [-0.1, -0.05) is 120 Å². The first-order valence-corrected chi connectivity index (χ1v) is 16.8. The first-order chi connectivity index (χ1) is 21.8. The summed E-state index contributed by atoms with van der Waals surface area (Å²) in [6, 6.07) is 11.6. The fourth-order valence-corrected chi connectivity index (χ4v) is 5.93. The molecule has 10 heteroatoms. The van der Waals surface area contributed by atoms with Crippen LogP contribution in [0, 0.1) is 0 Å². The molecule has 10 nitrogen and oxygen atoms in total. The van der Waals surface area contributed by atoms with E-state index in [0.29, 0.717) is 18.4 Å². The van der Waals surface area contributed by atoms with Crippen LogP contribution in [0.25, 0.3) is 10.8 Å². The molecule has 0 saturated carbocycles. The Balaban J connectivity index is 1.55. The van der Waals surface area contributed by atoms with E-state index in [-0.39, 0.29) is 6.61 Å². The number of amides is 1. The minimum atomic E-state index is -1.64. The van der Waals surface area contributed by atoms with Crippen LogP contribution in [0.5, 0.6) is 0 Å². The third-order valence-electron chi connectivity index (χ3n) is 8.80. The zero-order chi connectivity index (χ0) is 32.6. The lowest BCUT2D eigenvalue weighted by atomic mass is 9.98. The van der Waals surface area contributed by atoms with Gasteiger partial charge < -0.3 is 45.4 Å². The number of benzene rings is 2. The van der Waals surface area contributed by atoms with Gasteiger partial charge in [-0.05, 0) is 23.3 Å². The largest absolute Gasteiger partial charge is 0.394 e. The van der Waals surface area contributed by atoms with Crippen LogP contribution < -0.4 is 5.32 Å². The summed E-state index contributed by atoms with van der Waals surface area (Å²) >= 11 is 0. The first-order valence-electron chi connectivity index (χ1n) is 16.8. The number of hydrogen-bond acceptors (Lipinski definition) is 9. The second kappa shape index (κ2) is 20.2. The fraction of sp³-hybridized carbons (Fsp3) is 0.686. The number of unbranched alkanes of at least 4 members (excludes halogenated alkanes) is 11. The molecule has 8 atom stereocenters. The molecular weight excluding hydrogens is 578 g/mol. The van der Waals surface area contributed by atoms with Crippen molar-refractivity contribution in [2.75, 3.05) is 13.2 Å². The number of nitrogens with one attached hydrogen (secondary N) is 1. The minimum absolute atomic E-state index is 0.333. The second-order valence-corrected chi connectivity index (χ2v) is 12.4. The van der Waals surface area contributed by atoms with Gasteiger partial charge in [0.2, 0.25) is 0 Å². The molecule has 3 rings (SSSR count). The Kier molecular flexibility index (Phi) is 16.7. The number of aliphatic hydroxyl groups is 6. The van der Waals surface area contributed by atoms with E-state index >= 15 is 0 Å². The third kappa shape index (κ3) is 11.6. The Hall–Kier alpha value is -2.15. The molecule has 1 fully saturated rings. The van der Waals surface area contributed by atoms with Crippen molar-refractivity contribution in [3.05, 3.63) is 48.0 Å². The summed E-state index contributed by atoms with van der Waals surface area (Å²) in [5, 5.41) is 66.6. The van der Waals surface area contributed by atoms with Crippen molar-refractivity contribution in [1.29, 1.82) is 0 Å². The van der Waals surface area contributed by atoms with E-state index in [1.165, 1.54) is 51.4 Å². The third-order valence-corrected chi connectivity index (χ3v) is 8.80. The number of hydrogen-bond donors (Lipinski definition) is 7. The van der Waals surface area contributed by atoms with E-state index in [4.69, 9.17) is 9.47 Å². The summed E-state index contributed by atoms with van der Waals surface area (Å²) in [6.45, 7) is 1.23. The van der Waals surface area contributed by atoms with Gasteiger partial charge in [0.15, 0.2) is 6.29 Å². The zero-order valence-corrected chi connectivity index (χ0v) is 26.7. The van der Waals surface area contributed by atoms with E-state index in [2.05, 4.69) is 12.2 Å². The monoisotopic (exact) mass is 633 g/mol. The lowest BCUT2D eigenvalue weighted by molar-refractivity contribution is -0.303. The molecule has 2 aromatic rings. The molecule has 0 aliphatic carbocycles. The van der Waals surface area contributed by atoms with Crippen LogP contribution in [-0.2, 0) is 9.47 Å². The van der Waals surface area contributed by atoms with Crippen LogP contribution in [0.15, 0.2) is 42.5 Å². The molecule has 1 heterocycles. The van der Waals surface area contributed by atoms with Gasteiger partial charge in [-0.2, -0.15) is 0 Å². The molecule has 0 unspecified atom stereocenters. The first kappa shape index (κ1) is 37.3. The Morgan fingerprint density at radius 1 is 0.822 bits per heavy atom. The average molecular weight is 634 g/mol. The Morgan fingerprint density at radius 3 is 2.07 bits per heavy atom. The van der Waals surface area contributed by atoms with Crippen LogP contribution in [0.1, 0.15) is 101 Å². The summed E-state index contributed by atoms with van der Waals surface area (Å²) < 4.78 is 11.1. The van der Waals surface area contributed by atoms with E-state index in [0.717, 1.165) is 30.0 Å². The molecule has 0 radical (unpaired) electrons. The van der Waals surface area contributed by atoms with Crippen molar-refractivity contribution in [2.45, 2.75) is 139 Å². The molecule has 1 aliphatic rings. The highest BCUT2D eigenvalue weighted by molar-refractivity contribution is 6.07. The van der Waals surface area contributed by atoms with E-state index in [9.17, 15) is 35.4 Å². The van der Waals surface area contributed by atoms with Gasteiger partial charge in [-0.15, -0.1) is 0 Å². The van der Waals surface area contributed by atoms with E-state index in [1.807, 2.05) is 30.3 Å². The summed E-state index contributed by atoms with van der Waals surface area (Å²) in [6.07, 6.45) is 4.48. The van der Waals surface area contributed by atoms with Gasteiger partial charge in [0.05, 0.1) is 25.4 Å². The number of aliphatic hydroxyl groups excluding tert-OH is 6. The number of rotatable bonds is 21. The highest BCUT2D eigenvalue weighted by atomic mass is 16.7. The summed E-state index contributed by atoms with van der Waals surface area (Å²) in [4.78, 5) is 13.4. The van der Waals surface area contributed by atoms with Gasteiger partial charge in [0.25, 0.3) is 5.91 Å². The molecule has 45 heavy (non-hydrogen) atoms. The number of carbonyl (C=O) groups is 1. The molecular formula is C35H55NO9. The summed E-state index contributed by atoms with van der Waals surface area (Å²) in [5.41, 5.74) is 0.383. The lowest BCUT2D eigenvalue weighted by Crippen LogP contribution is -2.60. The van der Waals surface area contributed by atoms with Crippen molar-refractivity contribution < 1.29 is 44.9 Å². The normalized spacial score (nSPS) is 23.9. The predicted molar refractivity (Wildman–Crippen MR) is 173 cm³/mol. The highest BCUT2D eigenvalue weighted by Gasteiger charge is 2.44. The summed E-state index contributed by atoms with van der Waals surface area (Å²) in [5.74, 6) is -0.481. The molecule has 0 bridgehead atoms. The number of fused-ring (bicyclic) bond motifs is 1. The minimum Gasteiger partial charge on any atom is -0.394 e. The van der Waals surface area contributed by atoms with Crippen LogP contribution in [0.4, 0.5) is 0 Å². The van der Waals surface area contributed by atoms with Gasteiger partial charge in [-0.25, -0.2) is 0 Å². The van der Waals surface area contributed by atoms with Crippen molar-refractivity contribution >= 4 is 16.7 Å². The maximum atomic E-state index is 13.4. The van der Waals surface area contributed by atoms with Crippen molar-refractivity contribution in [3.8, 4) is 0 Å². The molecule has 254 valence electrons. The Morgan fingerprint density at radius 2 is 1.42 bits per heavy atom. The average Bonchev–Trinajstić information content (AvgIpc) is 3.06. The number of carbonyl (C=O) groups excluding carboxylic acids is 1. The number of ether oxygens (including phenoxy) is 2. The molecule has 2 aromatic carbocycles. The van der Waals surface area contributed by atoms with Gasteiger partial charge in [0, 0.05) is 5.56 Å². The Bertz CT molecular complexity index is 1110. The van der Waals surface area contributed by atoms with Crippen LogP contribution in [0.3, 0.4) is 0 Å².